The van der Waals surface area contributed by atoms with E-state index >= 15 is 0 Å². The van der Waals surface area contributed by atoms with Gasteiger partial charge in [0.1, 0.15) is 0 Å². The van der Waals surface area contributed by atoms with Crippen molar-refractivity contribution in [3.05, 3.63) is 0 Å². The molecule has 0 amide bonds. The number of hydrogen-bond acceptors (Lipinski definition) is 3. The summed E-state index contributed by atoms with van der Waals surface area (Å²) in [4.78, 5) is 2.61. The van der Waals surface area contributed by atoms with Crippen LogP contribution in [0, 0.1) is 0 Å². The molecule has 0 aromatic rings. The number of nitrogens with zero attached hydrogens (tertiary/aromatic N) is 1. The summed E-state index contributed by atoms with van der Waals surface area (Å²) in [6.07, 6.45) is 5.55. The Bertz CT molecular complexity index is 153. The van der Waals surface area contributed by atoms with Crippen LogP contribution in [-0.2, 0) is 0 Å². The van der Waals surface area contributed by atoms with Crippen LogP contribution >= 0.6 is 0 Å². The van der Waals surface area contributed by atoms with E-state index < -0.39 is 0 Å². The van der Waals surface area contributed by atoms with Crippen molar-refractivity contribution in [3.63, 3.8) is 0 Å². The number of nitrogens with one attached hydrogen (secondary N) is 2. The third-order valence-electron chi connectivity index (χ3n) is 3.13. The van der Waals surface area contributed by atoms with Crippen molar-refractivity contribution in [1.82, 2.24) is 15.5 Å². The van der Waals surface area contributed by atoms with E-state index in [-0.39, 0.29) is 0 Å². The highest BCUT2D eigenvalue weighted by Gasteiger charge is 2.08. The largest absolute Gasteiger partial charge is 0.315 e. The van der Waals surface area contributed by atoms with E-state index in [1.54, 1.807) is 0 Å². The molecule has 16 heavy (non-hydrogen) atoms. The summed E-state index contributed by atoms with van der Waals surface area (Å²) in [5, 5.41) is 6.90. The van der Waals surface area contributed by atoms with E-state index in [0.29, 0.717) is 6.04 Å². The molecule has 0 spiro atoms. The molecule has 1 aliphatic heterocycles. The molecule has 0 aliphatic carbocycles. The molecular formula is C13H29N3. The van der Waals surface area contributed by atoms with Crippen molar-refractivity contribution >= 4 is 0 Å². The molecule has 0 aromatic carbocycles. The molecule has 0 bridgehead atoms. The average Bonchev–Trinajstić information content (AvgIpc) is 2.29. The quantitative estimate of drug-likeness (QED) is 0.615. The summed E-state index contributed by atoms with van der Waals surface area (Å²) < 4.78 is 0. The molecule has 1 saturated heterocycles. The molecule has 0 unspecified atom stereocenters. The van der Waals surface area contributed by atoms with Gasteiger partial charge in [0.05, 0.1) is 0 Å². The van der Waals surface area contributed by atoms with Gasteiger partial charge < -0.3 is 15.5 Å². The van der Waals surface area contributed by atoms with Crippen LogP contribution in [-0.4, -0.2) is 50.2 Å². The van der Waals surface area contributed by atoms with Crippen molar-refractivity contribution in [2.45, 2.75) is 45.6 Å². The smallest absolute Gasteiger partial charge is 0.00790 e. The molecule has 0 aromatic heterocycles. The van der Waals surface area contributed by atoms with Crippen LogP contribution in [0.4, 0.5) is 0 Å². The fraction of sp³-hybridized carbons (Fsp3) is 1.00. The molecule has 96 valence electrons. The van der Waals surface area contributed by atoms with Gasteiger partial charge in [-0.15, -0.1) is 0 Å². The highest BCUT2D eigenvalue weighted by atomic mass is 15.1. The first-order valence-electron chi connectivity index (χ1n) is 6.95. The second-order valence-corrected chi connectivity index (χ2v) is 5.11. The zero-order valence-electron chi connectivity index (χ0n) is 11.1. The van der Waals surface area contributed by atoms with Crippen LogP contribution in [0.15, 0.2) is 0 Å². The topological polar surface area (TPSA) is 27.3 Å². The normalized spacial score (nSPS) is 18.2. The van der Waals surface area contributed by atoms with Crippen LogP contribution in [0.25, 0.3) is 0 Å². The van der Waals surface area contributed by atoms with Crippen LogP contribution in [0.5, 0.6) is 0 Å². The standard InChI is InChI=1S/C13H29N3/c1-13(2)15-9-8-14-7-6-12-16-10-4-3-5-11-16/h13-15H,3-12H2,1-2H3. The minimum Gasteiger partial charge on any atom is -0.315 e. The van der Waals surface area contributed by atoms with E-state index in [4.69, 9.17) is 0 Å². The minimum atomic E-state index is 0.607. The summed E-state index contributed by atoms with van der Waals surface area (Å²) in [6.45, 7) is 11.7. The minimum absolute atomic E-state index is 0.607. The fourth-order valence-corrected chi connectivity index (χ4v) is 2.18. The molecule has 1 heterocycles. The summed E-state index contributed by atoms with van der Waals surface area (Å²) in [6, 6.07) is 0.607. The molecule has 0 saturated carbocycles. The molecule has 0 atom stereocenters. The van der Waals surface area contributed by atoms with Gasteiger partial charge in [-0.3, -0.25) is 0 Å². The van der Waals surface area contributed by atoms with Gasteiger partial charge in [0.15, 0.2) is 0 Å². The third kappa shape index (κ3) is 7.20. The Balaban J connectivity index is 1.80. The van der Waals surface area contributed by atoms with Gasteiger partial charge in [-0.25, -0.2) is 0 Å². The van der Waals surface area contributed by atoms with E-state index in [1.807, 2.05) is 0 Å². The number of piperidine rings is 1. The molecule has 3 nitrogen and oxygen atoms in total. The lowest BCUT2D eigenvalue weighted by molar-refractivity contribution is 0.226. The Hall–Kier alpha value is -0.120. The van der Waals surface area contributed by atoms with Crippen LogP contribution in [0.2, 0.25) is 0 Å². The highest BCUT2D eigenvalue weighted by molar-refractivity contribution is 4.65. The van der Waals surface area contributed by atoms with E-state index in [1.165, 1.54) is 45.3 Å². The SMILES string of the molecule is CC(C)NCCNCCCN1CCCCC1. The second-order valence-electron chi connectivity index (χ2n) is 5.11. The Morgan fingerprint density at radius 3 is 2.44 bits per heavy atom. The van der Waals surface area contributed by atoms with Crippen LogP contribution < -0.4 is 10.6 Å². The molecule has 1 aliphatic rings. The Morgan fingerprint density at radius 1 is 1.00 bits per heavy atom. The summed E-state index contributed by atoms with van der Waals surface area (Å²) in [7, 11) is 0. The van der Waals surface area contributed by atoms with Gasteiger partial charge in [-0.05, 0) is 45.4 Å². The highest BCUT2D eigenvalue weighted by Crippen LogP contribution is 2.08. The summed E-state index contributed by atoms with van der Waals surface area (Å²) >= 11 is 0. The maximum Gasteiger partial charge on any atom is 0.00790 e. The zero-order valence-corrected chi connectivity index (χ0v) is 11.1. The Kier molecular flexibility index (Phi) is 7.81. The van der Waals surface area contributed by atoms with Crippen molar-refractivity contribution in [2.24, 2.45) is 0 Å². The monoisotopic (exact) mass is 227 g/mol. The lowest BCUT2D eigenvalue weighted by Crippen LogP contribution is -2.34. The lowest BCUT2D eigenvalue weighted by Gasteiger charge is -2.26. The predicted octanol–water partition coefficient (Wildman–Crippen LogP) is 1.45. The maximum atomic E-state index is 3.49. The van der Waals surface area contributed by atoms with Gasteiger partial charge in [0, 0.05) is 19.1 Å². The summed E-state index contributed by atoms with van der Waals surface area (Å²) in [5.41, 5.74) is 0. The van der Waals surface area contributed by atoms with Crippen molar-refractivity contribution in [2.75, 3.05) is 39.3 Å². The van der Waals surface area contributed by atoms with Crippen molar-refractivity contribution in [1.29, 1.82) is 0 Å². The van der Waals surface area contributed by atoms with E-state index in [9.17, 15) is 0 Å². The zero-order chi connectivity index (χ0) is 11.6. The van der Waals surface area contributed by atoms with E-state index in [0.717, 1.165) is 19.6 Å². The molecule has 2 N–H and O–H groups in total. The number of likely N-dealkylation sites (tertiary alicyclic amines) is 1. The predicted molar refractivity (Wildman–Crippen MR) is 70.9 cm³/mol. The maximum absolute atomic E-state index is 3.49. The number of rotatable bonds is 8. The average molecular weight is 227 g/mol. The first-order chi connectivity index (χ1) is 7.79. The van der Waals surface area contributed by atoms with Gasteiger partial charge in [-0.1, -0.05) is 20.3 Å². The summed E-state index contributed by atoms with van der Waals surface area (Å²) in [5.74, 6) is 0. The van der Waals surface area contributed by atoms with Crippen LogP contribution in [0.1, 0.15) is 39.5 Å². The fourth-order valence-electron chi connectivity index (χ4n) is 2.18. The molecule has 1 fully saturated rings. The Morgan fingerprint density at radius 2 is 1.75 bits per heavy atom. The molecule has 1 rings (SSSR count). The first kappa shape index (κ1) is 13.9. The van der Waals surface area contributed by atoms with E-state index in [2.05, 4.69) is 29.4 Å². The molecular weight excluding hydrogens is 198 g/mol. The van der Waals surface area contributed by atoms with Gasteiger partial charge in [-0.2, -0.15) is 0 Å². The third-order valence-corrected chi connectivity index (χ3v) is 3.13. The first-order valence-corrected chi connectivity index (χ1v) is 6.95. The lowest BCUT2D eigenvalue weighted by atomic mass is 10.1. The molecule has 0 radical (unpaired) electrons. The van der Waals surface area contributed by atoms with Crippen molar-refractivity contribution < 1.29 is 0 Å². The molecule has 3 heteroatoms. The van der Waals surface area contributed by atoms with Crippen molar-refractivity contribution in [3.8, 4) is 0 Å². The van der Waals surface area contributed by atoms with Gasteiger partial charge >= 0.3 is 0 Å². The Labute approximate surface area is 101 Å². The van der Waals surface area contributed by atoms with Gasteiger partial charge in [0.25, 0.3) is 0 Å². The van der Waals surface area contributed by atoms with Gasteiger partial charge in [0.2, 0.25) is 0 Å². The second kappa shape index (κ2) is 8.97. The number of hydrogen-bond donors (Lipinski definition) is 2. The van der Waals surface area contributed by atoms with Crippen LogP contribution in [0.3, 0.4) is 0 Å².